The van der Waals surface area contributed by atoms with Crippen molar-refractivity contribution in [3.8, 4) is 33.6 Å². The summed E-state index contributed by atoms with van der Waals surface area (Å²) in [7, 11) is 0. The first-order valence-corrected chi connectivity index (χ1v) is 16.5. The minimum atomic E-state index is 1.16. The zero-order valence-electron chi connectivity index (χ0n) is 26.8. The second kappa shape index (κ2) is 12.2. The van der Waals surface area contributed by atoms with Crippen molar-refractivity contribution >= 4 is 43.6 Å². The Morgan fingerprint density at radius 1 is 0.362 bits per heavy atom. The van der Waals surface area contributed by atoms with Gasteiger partial charge in [-0.1, -0.05) is 142 Å². The summed E-state index contributed by atoms with van der Waals surface area (Å²) in [4.78, 5) is 0. The van der Waals surface area contributed by atoms with E-state index in [1.54, 1.807) is 0 Å². The minimum absolute atomic E-state index is 1.16. The van der Waals surface area contributed by atoms with Gasteiger partial charge in [-0.05, 0) is 65.2 Å². The van der Waals surface area contributed by atoms with E-state index in [9.17, 15) is 0 Å². The molecule has 0 amide bonds. The molecule has 7 aromatic carbocycles. The van der Waals surface area contributed by atoms with E-state index in [2.05, 4.69) is 193 Å². The largest absolute Gasteiger partial charge is 0.309 e. The zero-order chi connectivity index (χ0) is 31.7. The quantitative estimate of drug-likeness (QED) is 0.189. The molecule has 0 atom stereocenters. The Morgan fingerprint density at radius 3 is 1.55 bits per heavy atom. The van der Waals surface area contributed by atoms with Gasteiger partial charge < -0.3 is 9.13 Å². The van der Waals surface area contributed by atoms with E-state index < -0.39 is 0 Å². The molecule has 0 saturated heterocycles. The lowest BCUT2D eigenvalue weighted by Crippen LogP contribution is -1.96. The van der Waals surface area contributed by atoms with Crippen LogP contribution in [0, 0.1) is 0 Å². The fourth-order valence-corrected chi connectivity index (χ4v) is 6.95. The predicted octanol–water partition coefficient (Wildman–Crippen LogP) is 12.6. The summed E-state index contributed by atoms with van der Waals surface area (Å²) in [6, 6.07) is 61.4. The molecule has 9 rings (SSSR count). The van der Waals surface area contributed by atoms with Crippen molar-refractivity contribution in [2.75, 3.05) is 0 Å². The molecule has 0 radical (unpaired) electrons. The van der Waals surface area contributed by atoms with Crippen molar-refractivity contribution in [1.82, 2.24) is 9.13 Å². The van der Waals surface area contributed by atoms with E-state index in [-0.39, 0.29) is 0 Å². The molecule has 0 N–H and O–H groups in total. The highest BCUT2D eigenvalue weighted by Gasteiger charge is 2.18. The number of fused-ring (bicyclic) bond motifs is 6. The van der Waals surface area contributed by atoms with Crippen molar-refractivity contribution in [2.45, 2.75) is 20.3 Å². The molecule has 2 heteroatoms. The molecule has 0 spiro atoms. The van der Waals surface area contributed by atoms with Crippen LogP contribution in [0.25, 0.3) is 77.2 Å². The van der Waals surface area contributed by atoms with Crippen LogP contribution in [0.4, 0.5) is 0 Å². The van der Waals surface area contributed by atoms with Crippen molar-refractivity contribution < 1.29 is 0 Å². The third-order valence-electron chi connectivity index (χ3n) is 8.93. The number of benzene rings is 7. The average molecular weight is 605 g/mol. The van der Waals surface area contributed by atoms with Gasteiger partial charge in [-0.2, -0.15) is 0 Å². The Kier molecular flexibility index (Phi) is 7.39. The van der Waals surface area contributed by atoms with Crippen LogP contribution >= 0.6 is 0 Å². The molecule has 0 saturated carbocycles. The Bertz CT molecular complexity index is 2480. The molecule has 0 aliphatic carbocycles. The second-order valence-corrected chi connectivity index (χ2v) is 12.1. The predicted molar refractivity (Wildman–Crippen MR) is 202 cm³/mol. The molecular weight excluding hydrogens is 569 g/mol. The number of nitrogens with zero attached hydrogens (tertiary/aromatic N) is 2. The summed E-state index contributed by atoms with van der Waals surface area (Å²) >= 11 is 0. The van der Waals surface area contributed by atoms with E-state index in [0.717, 1.165) is 5.69 Å². The van der Waals surface area contributed by atoms with E-state index in [4.69, 9.17) is 0 Å². The number of hydrogen-bond donors (Lipinski definition) is 0. The van der Waals surface area contributed by atoms with Crippen molar-refractivity contribution in [3.05, 3.63) is 170 Å². The number of hydrogen-bond acceptors (Lipinski definition) is 0. The van der Waals surface area contributed by atoms with Crippen LogP contribution in [0.1, 0.15) is 20.3 Å². The lowest BCUT2D eigenvalue weighted by Gasteiger charge is -2.13. The third-order valence-corrected chi connectivity index (χ3v) is 8.93. The van der Waals surface area contributed by atoms with Gasteiger partial charge in [0.1, 0.15) is 0 Å². The third kappa shape index (κ3) is 4.90. The average Bonchev–Trinajstić information content (AvgIpc) is 3.66. The maximum Gasteiger partial charge on any atom is 0.0619 e. The number of para-hydroxylation sites is 4. The van der Waals surface area contributed by atoms with Gasteiger partial charge in [0.2, 0.25) is 0 Å². The lowest BCUT2D eigenvalue weighted by molar-refractivity contribution is 1.09. The Labute approximate surface area is 275 Å². The molecule has 2 heterocycles. The fraction of sp³-hybridized carbons (Fsp3) is 0.0667. The minimum Gasteiger partial charge on any atom is -0.309 e. The maximum atomic E-state index is 2.44. The van der Waals surface area contributed by atoms with Crippen molar-refractivity contribution in [3.63, 3.8) is 0 Å². The highest BCUT2D eigenvalue weighted by Crippen LogP contribution is 2.40. The second-order valence-electron chi connectivity index (χ2n) is 12.1. The summed E-state index contributed by atoms with van der Waals surface area (Å²) < 4.78 is 4.81. The van der Waals surface area contributed by atoms with E-state index >= 15 is 0 Å². The van der Waals surface area contributed by atoms with Crippen LogP contribution in [-0.4, -0.2) is 9.13 Å². The van der Waals surface area contributed by atoms with Crippen LogP contribution in [0.3, 0.4) is 0 Å². The first-order valence-electron chi connectivity index (χ1n) is 16.5. The molecule has 47 heavy (non-hydrogen) atoms. The van der Waals surface area contributed by atoms with Gasteiger partial charge in [0.25, 0.3) is 0 Å². The molecule has 0 bridgehead atoms. The summed E-state index contributed by atoms with van der Waals surface area (Å²) in [6.45, 7) is 4.25. The van der Waals surface area contributed by atoms with Gasteiger partial charge in [0.05, 0.1) is 22.1 Å². The van der Waals surface area contributed by atoms with Crippen molar-refractivity contribution in [1.29, 1.82) is 0 Å². The van der Waals surface area contributed by atoms with Crippen LogP contribution < -0.4 is 0 Å². The highest BCUT2D eigenvalue weighted by molar-refractivity contribution is 6.15. The van der Waals surface area contributed by atoms with Crippen molar-refractivity contribution in [2.24, 2.45) is 0 Å². The Hall–Kier alpha value is -5.86. The fourth-order valence-electron chi connectivity index (χ4n) is 6.95. The van der Waals surface area contributed by atoms with E-state index in [1.807, 2.05) is 0 Å². The molecule has 0 aliphatic heterocycles. The smallest absolute Gasteiger partial charge is 0.0619 e. The first-order chi connectivity index (χ1) is 23.3. The summed E-state index contributed by atoms with van der Waals surface area (Å²) in [5, 5.41) is 5.04. The van der Waals surface area contributed by atoms with Crippen LogP contribution in [0.5, 0.6) is 0 Å². The first kappa shape index (κ1) is 28.6. The monoisotopic (exact) mass is 604 g/mol. The van der Waals surface area contributed by atoms with Gasteiger partial charge >= 0.3 is 0 Å². The maximum absolute atomic E-state index is 2.44. The molecule has 9 aromatic rings. The normalized spacial score (nSPS) is 11.3. The van der Waals surface area contributed by atoms with Crippen LogP contribution in [-0.2, 0) is 0 Å². The van der Waals surface area contributed by atoms with Crippen LogP contribution in [0.15, 0.2) is 170 Å². The summed E-state index contributed by atoms with van der Waals surface area (Å²) in [5.74, 6) is 0. The van der Waals surface area contributed by atoms with Gasteiger partial charge in [0, 0.05) is 38.5 Å². The highest BCUT2D eigenvalue weighted by atomic mass is 15.0. The Balaban J connectivity index is 0.00000104. The molecule has 2 nitrogen and oxygen atoms in total. The topological polar surface area (TPSA) is 9.86 Å². The van der Waals surface area contributed by atoms with Gasteiger partial charge in [0.15, 0.2) is 0 Å². The SMILES string of the molecule is CCC.c1ccc(-c2ccc(-n3c4ccccc4c4cccc(-c5ccc6c(c5)c5ccccc5n6-c5ccccc5)c43)cc2)cc1. The summed E-state index contributed by atoms with van der Waals surface area (Å²) in [6.07, 6.45) is 1.25. The zero-order valence-corrected chi connectivity index (χ0v) is 26.8. The number of rotatable bonds is 4. The van der Waals surface area contributed by atoms with Gasteiger partial charge in [-0.15, -0.1) is 0 Å². The van der Waals surface area contributed by atoms with E-state index in [1.165, 1.54) is 78.0 Å². The van der Waals surface area contributed by atoms with Crippen LogP contribution in [0.2, 0.25) is 0 Å². The van der Waals surface area contributed by atoms with E-state index in [0.29, 0.717) is 0 Å². The Morgan fingerprint density at radius 2 is 0.851 bits per heavy atom. The standard InChI is InChI=1S/C42H28N2.C3H8/c1-3-12-29(13-4-1)30-22-25-33(26-23-30)44-40-21-10-7-16-35(40)37-19-11-18-34(42(37)44)31-24-27-41-38(28-31)36-17-8-9-20-39(36)43(41)32-14-5-2-6-15-32;1-3-2/h1-28H;3H2,1-2H3. The molecule has 0 fully saturated rings. The van der Waals surface area contributed by atoms with Gasteiger partial charge in [-0.3, -0.25) is 0 Å². The molecule has 2 aromatic heterocycles. The summed E-state index contributed by atoms with van der Waals surface area (Å²) in [5.41, 5.74) is 12.1. The molecule has 0 unspecified atom stereocenters. The molecule has 0 aliphatic rings. The lowest BCUT2D eigenvalue weighted by atomic mass is 9.99. The molecule has 226 valence electrons. The molecular formula is C45H36N2. The number of aromatic nitrogens is 2. The van der Waals surface area contributed by atoms with Gasteiger partial charge in [-0.25, -0.2) is 0 Å².